The molecule has 2 N–H and O–H groups in total. The van der Waals surface area contributed by atoms with E-state index >= 15 is 0 Å². The van der Waals surface area contributed by atoms with Gasteiger partial charge in [0, 0.05) is 5.56 Å². The van der Waals surface area contributed by atoms with Gasteiger partial charge in [-0.05, 0) is 30.5 Å². The molecule has 2 aromatic rings. The van der Waals surface area contributed by atoms with Gasteiger partial charge in [0.1, 0.15) is 5.54 Å². The summed E-state index contributed by atoms with van der Waals surface area (Å²) in [6.45, 7) is 3.84. The molecule has 2 aromatic carbocycles. The first kappa shape index (κ1) is 13.5. The van der Waals surface area contributed by atoms with Crippen molar-refractivity contribution >= 4 is 5.78 Å². The summed E-state index contributed by atoms with van der Waals surface area (Å²) in [5.74, 6) is -0.0472. The molecule has 2 heteroatoms. The Morgan fingerprint density at radius 2 is 1.79 bits per heavy atom. The van der Waals surface area contributed by atoms with Crippen LogP contribution in [0.1, 0.15) is 35.3 Å². The minimum Gasteiger partial charge on any atom is -0.315 e. The van der Waals surface area contributed by atoms with Crippen molar-refractivity contribution in [3.8, 4) is 0 Å². The highest BCUT2D eigenvalue weighted by Gasteiger charge is 2.31. The molecule has 0 fully saturated rings. The molecule has 0 aliphatic rings. The van der Waals surface area contributed by atoms with E-state index in [0.717, 1.165) is 17.5 Å². The minimum absolute atomic E-state index is 0.0472. The molecule has 0 saturated heterocycles. The first-order valence-electron chi connectivity index (χ1n) is 6.54. The van der Waals surface area contributed by atoms with Crippen LogP contribution in [0.15, 0.2) is 54.6 Å². The molecule has 0 spiro atoms. The van der Waals surface area contributed by atoms with E-state index in [2.05, 4.69) is 6.92 Å². The standard InChI is InChI=1S/C17H19NO/c1-3-13-8-7-9-14(12-13)16(19)17(2,18)15-10-5-4-6-11-15/h4-12H,3,18H2,1-2H3. The summed E-state index contributed by atoms with van der Waals surface area (Å²) in [6.07, 6.45) is 0.910. The molecule has 1 unspecified atom stereocenters. The summed E-state index contributed by atoms with van der Waals surface area (Å²) in [5, 5.41) is 0. The summed E-state index contributed by atoms with van der Waals surface area (Å²) in [5.41, 5.74) is 7.92. The molecule has 1 atom stereocenters. The Morgan fingerprint density at radius 3 is 2.42 bits per heavy atom. The van der Waals surface area contributed by atoms with Crippen LogP contribution in [0.3, 0.4) is 0 Å². The maximum atomic E-state index is 12.6. The quantitative estimate of drug-likeness (QED) is 0.849. The third kappa shape index (κ3) is 2.74. The number of benzene rings is 2. The molecule has 0 radical (unpaired) electrons. The van der Waals surface area contributed by atoms with E-state index in [1.165, 1.54) is 0 Å². The maximum absolute atomic E-state index is 12.6. The van der Waals surface area contributed by atoms with Crippen LogP contribution in [-0.4, -0.2) is 5.78 Å². The van der Waals surface area contributed by atoms with E-state index in [1.807, 2.05) is 54.6 Å². The van der Waals surface area contributed by atoms with Gasteiger partial charge in [-0.25, -0.2) is 0 Å². The molecular weight excluding hydrogens is 234 g/mol. The van der Waals surface area contributed by atoms with E-state index in [0.29, 0.717) is 5.56 Å². The lowest BCUT2D eigenvalue weighted by Crippen LogP contribution is -2.41. The Bertz CT molecular complexity index is 573. The Hall–Kier alpha value is -1.93. The summed E-state index contributed by atoms with van der Waals surface area (Å²) >= 11 is 0. The third-order valence-corrected chi connectivity index (χ3v) is 3.44. The summed E-state index contributed by atoms with van der Waals surface area (Å²) < 4.78 is 0. The second-order valence-corrected chi connectivity index (χ2v) is 4.95. The smallest absolute Gasteiger partial charge is 0.186 e. The molecule has 0 aliphatic carbocycles. The summed E-state index contributed by atoms with van der Waals surface area (Å²) in [4.78, 5) is 12.6. The number of nitrogens with two attached hydrogens (primary N) is 1. The van der Waals surface area contributed by atoms with Gasteiger partial charge in [-0.15, -0.1) is 0 Å². The molecule has 2 rings (SSSR count). The lowest BCUT2D eigenvalue weighted by atomic mass is 9.85. The van der Waals surface area contributed by atoms with E-state index in [9.17, 15) is 4.79 Å². The van der Waals surface area contributed by atoms with Crippen LogP contribution in [-0.2, 0) is 12.0 Å². The normalized spacial score (nSPS) is 13.8. The molecule has 0 amide bonds. The topological polar surface area (TPSA) is 43.1 Å². The third-order valence-electron chi connectivity index (χ3n) is 3.44. The van der Waals surface area contributed by atoms with Gasteiger partial charge in [-0.2, -0.15) is 0 Å². The second kappa shape index (κ2) is 5.37. The zero-order valence-electron chi connectivity index (χ0n) is 11.4. The highest BCUT2D eigenvalue weighted by molar-refractivity contribution is 6.03. The van der Waals surface area contributed by atoms with Gasteiger partial charge < -0.3 is 5.73 Å². The predicted molar refractivity (Wildman–Crippen MR) is 78.1 cm³/mol. The molecule has 0 aliphatic heterocycles. The fourth-order valence-electron chi connectivity index (χ4n) is 2.15. The van der Waals surface area contributed by atoms with Crippen molar-refractivity contribution in [1.82, 2.24) is 0 Å². The second-order valence-electron chi connectivity index (χ2n) is 4.95. The first-order chi connectivity index (χ1) is 9.05. The van der Waals surface area contributed by atoms with Gasteiger partial charge in [0.25, 0.3) is 0 Å². The fraction of sp³-hybridized carbons (Fsp3) is 0.235. The minimum atomic E-state index is -0.992. The molecule has 2 nitrogen and oxygen atoms in total. The SMILES string of the molecule is CCc1cccc(C(=O)C(C)(N)c2ccccc2)c1. The van der Waals surface area contributed by atoms with Gasteiger partial charge in [0.15, 0.2) is 5.78 Å². The van der Waals surface area contributed by atoms with Crippen molar-refractivity contribution in [3.63, 3.8) is 0 Å². The van der Waals surface area contributed by atoms with Crippen LogP contribution in [0.25, 0.3) is 0 Å². The number of rotatable bonds is 4. The van der Waals surface area contributed by atoms with Crippen LogP contribution in [0.5, 0.6) is 0 Å². The number of carbonyl (C=O) groups excluding carboxylic acids is 1. The molecule has 98 valence electrons. The van der Waals surface area contributed by atoms with Crippen LogP contribution in [0, 0.1) is 0 Å². The number of ketones is 1. The van der Waals surface area contributed by atoms with E-state index in [1.54, 1.807) is 6.92 Å². The molecule has 0 bridgehead atoms. The number of hydrogen-bond acceptors (Lipinski definition) is 2. The van der Waals surface area contributed by atoms with Crippen LogP contribution >= 0.6 is 0 Å². The van der Waals surface area contributed by atoms with Crippen LogP contribution in [0.2, 0.25) is 0 Å². The number of hydrogen-bond donors (Lipinski definition) is 1. The lowest BCUT2D eigenvalue weighted by molar-refractivity contribution is 0.0900. The Kier molecular flexibility index (Phi) is 3.82. The molecule has 0 aromatic heterocycles. The maximum Gasteiger partial charge on any atom is 0.186 e. The van der Waals surface area contributed by atoms with Crippen molar-refractivity contribution in [2.24, 2.45) is 5.73 Å². The van der Waals surface area contributed by atoms with Gasteiger partial charge in [0.05, 0.1) is 0 Å². The summed E-state index contributed by atoms with van der Waals surface area (Å²) in [6, 6.07) is 17.2. The van der Waals surface area contributed by atoms with Crippen LogP contribution in [0.4, 0.5) is 0 Å². The van der Waals surface area contributed by atoms with Gasteiger partial charge in [0.2, 0.25) is 0 Å². The zero-order chi connectivity index (χ0) is 13.9. The van der Waals surface area contributed by atoms with Gasteiger partial charge in [-0.3, -0.25) is 4.79 Å². The van der Waals surface area contributed by atoms with E-state index in [-0.39, 0.29) is 5.78 Å². The highest BCUT2D eigenvalue weighted by Crippen LogP contribution is 2.23. The van der Waals surface area contributed by atoms with Gasteiger partial charge in [-0.1, -0.05) is 55.5 Å². The molecule has 0 heterocycles. The van der Waals surface area contributed by atoms with Crippen molar-refractivity contribution in [2.75, 3.05) is 0 Å². The Balaban J connectivity index is 2.37. The van der Waals surface area contributed by atoms with E-state index < -0.39 is 5.54 Å². The monoisotopic (exact) mass is 253 g/mol. The Morgan fingerprint density at radius 1 is 1.11 bits per heavy atom. The van der Waals surface area contributed by atoms with Crippen molar-refractivity contribution in [2.45, 2.75) is 25.8 Å². The predicted octanol–water partition coefficient (Wildman–Crippen LogP) is 3.31. The molecular formula is C17H19NO. The number of Topliss-reactive ketones (excluding diaryl/α,β-unsaturated/α-hetero) is 1. The fourth-order valence-corrected chi connectivity index (χ4v) is 2.15. The highest BCUT2D eigenvalue weighted by atomic mass is 16.1. The molecule has 19 heavy (non-hydrogen) atoms. The molecule has 0 saturated carbocycles. The Labute approximate surface area is 114 Å². The van der Waals surface area contributed by atoms with Crippen molar-refractivity contribution < 1.29 is 4.79 Å². The number of carbonyl (C=O) groups is 1. The average molecular weight is 253 g/mol. The zero-order valence-corrected chi connectivity index (χ0v) is 11.4. The van der Waals surface area contributed by atoms with Crippen molar-refractivity contribution in [3.05, 3.63) is 71.3 Å². The largest absolute Gasteiger partial charge is 0.315 e. The number of aryl methyl sites for hydroxylation is 1. The lowest BCUT2D eigenvalue weighted by Gasteiger charge is -2.24. The van der Waals surface area contributed by atoms with Crippen molar-refractivity contribution in [1.29, 1.82) is 0 Å². The average Bonchev–Trinajstić information content (AvgIpc) is 2.47. The van der Waals surface area contributed by atoms with Gasteiger partial charge >= 0.3 is 0 Å². The first-order valence-corrected chi connectivity index (χ1v) is 6.54. The van der Waals surface area contributed by atoms with Crippen LogP contribution < -0.4 is 5.73 Å². The summed E-state index contributed by atoms with van der Waals surface area (Å²) in [7, 11) is 0. The van der Waals surface area contributed by atoms with E-state index in [4.69, 9.17) is 5.73 Å².